The molecule has 0 fully saturated rings. The van der Waals surface area contributed by atoms with E-state index in [1.54, 1.807) is 0 Å². The predicted molar refractivity (Wildman–Crippen MR) is 95.2 cm³/mol. The molecule has 0 unspecified atom stereocenters. The highest BCUT2D eigenvalue weighted by molar-refractivity contribution is 5.43. The summed E-state index contributed by atoms with van der Waals surface area (Å²) >= 11 is 0. The second-order valence-electron chi connectivity index (χ2n) is 6.16. The molecule has 2 aromatic carbocycles. The van der Waals surface area contributed by atoms with Gasteiger partial charge < -0.3 is 5.11 Å². The first kappa shape index (κ1) is 15.6. The molecule has 0 radical (unpaired) electrons. The van der Waals surface area contributed by atoms with Gasteiger partial charge in [0.15, 0.2) is 0 Å². The van der Waals surface area contributed by atoms with Crippen LogP contribution in [0.25, 0.3) is 0 Å². The summed E-state index contributed by atoms with van der Waals surface area (Å²) in [5.41, 5.74) is 2.56. The average molecular weight is 302 g/mol. The van der Waals surface area contributed by atoms with Gasteiger partial charge >= 0.3 is 0 Å². The van der Waals surface area contributed by atoms with Gasteiger partial charge in [-0.2, -0.15) is 0 Å². The highest BCUT2D eigenvalue weighted by atomic mass is 16.3. The predicted octanol–water partition coefficient (Wildman–Crippen LogP) is 4.47. The smallest absolute Gasteiger partial charge is 0.133 e. The number of aryl methyl sites for hydroxylation is 1. The maximum absolute atomic E-state index is 11.3. The summed E-state index contributed by atoms with van der Waals surface area (Å²) in [4.78, 5) is 0. The van der Waals surface area contributed by atoms with Gasteiger partial charge in [0.25, 0.3) is 0 Å². The Labute approximate surface area is 138 Å². The van der Waals surface area contributed by atoms with Gasteiger partial charge in [-0.05, 0) is 48.9 Å². The molecule has 0 spiro atoms. The largest absolute Gasteiger partial charge is 0.377 e. The lowest BCUT2D eigenvalue weighted by Crippen LogP contribution is -2.39. The van der Waals surface area contributed by atoms with Crippen molar-refractivity contribution in [3.63, 3.8) is 0 Å². The Bertz CT molecular complexity index is 735. The summed E-state index contributed by atoms with van der Waals surface area (Å²) in [6, 6.07) is 18.3. The van der Waals surface area contributed by atoms with Crippen molar-refractivity contribution in [1.29, 1.82) is 0 Å². The van der Waals surface area contributed by atoms with Crippen LogP contribution in [-0.4, -0.2) is 10.7 Å². The number of benzene rings is 2. The van der Waals surface area contributed by atoms with Crippen molar-refractivity contribution in [2.75, 3.05) is 0 Å². The van der Waals surface area contributed by atoms with Crippen molar-refractivity contribution in [1.82, 2.24) is 0 Å². The standard InChI is InChI=1S/C22H22O/c1-2-3-13-21-20-12-8-7-11-19(20)15-17-22(21,23)16-14-18-9-5-4-6-10-18/h2,4-12,21,23H,1,3,13,15,17H2/t21-,22+/m1/s1. The Balaban J connectivity index is 1.96. The van der Waals surface area contributed by atoms with Crippen LogP contribution in [0.1, 0.15) is 41.9 Å². The van der Waals surface area contributed by atoms with Gasteiger partial charge in [0.2, 0.25) is 0 Å². The third kappa shape index (κ3) is 3.38. The fraction of sp³-hybridized carbons (Fsp3) is 0.273. The van der Waals surface area contributed by atoms with E-state index in [0.29, 0.717) is 6.42 Å². The zero-order valence-electron chi connectivity index (χ0n) is 13.3. The molecule has 0 saturated heterocycles. The fourth-order valence-corrected chi connectivity index (χ4v) is 3.39. The van der Waals surface area contributed by atoms with Crippen LogP contribution >= 0.6 is 0 Å². The molecule has 0 bridgehead atoms. The summed E-state index contributed by atoms with van der Waals surface area (Å²) in [6.45, 7) is 3.82. The molecule has 0 aliphatic heterocycles. The Hall–Kier alpha value is -2.30. The van der Waals surface area contributed by atoms with E-state index in [4.69, 9.17) is 0 Å². The number of hydrogen-bond acceptors (Lipinski definition) is 1. The van der Waals surface area contributed by atoms with Gasteiger partial charge in [0.05, 0.1) is 0 Å². The van der Waals surface area contributed by atoms with E-state index in [0.717, 1.165) is 24.8 Å². The Morgan fingerprint density at radius 1 is 1.13 bits per heavy atom. The quantitative estimate of drug-likeness (QED) is 0.655. The first-order valence-corrected chi connectivity index (χ1v) is 8.22. The van der Waals surface area contributed by atoms with Crippen LogP contribution in [0.4, 0.5) is 0 Å². The van der Waals surface area contributed by atoms with E-state index in [1.807, 2.05) is 36.4 Å². The van der Waals surface area contributed by atoms with Gasteiger partial charge in [0, 0.05) is 11.5 Å². The summed E-state index contributed by atoms with van der Waals surface area (Å²) < 4.78 is 0. The monoisotopic (exact) mass is 302 g/mol. The number of rotatable bonds is 3. The molecule has 1 aliphatic rings. The molecule has 1 nitrogen and oxygen atoms in total. The molecule has 0 amide bonds. The zero-order valence-corrected chi connectivity index (χ0v) is 13.3. The second-order valence-corrected chi connectivity index (χ2v) is 6.16. The van der Waals surface area contributed by atoms with Gasteiger partial charge in [-0.15, -0.1) is 6.58 Å². The number of hydrogen-bond donors (Lipinski definition) is 1. The molecule has 23 heavy (non-hydrogen) atoms. The lowest BCUT2D eigenvalue weighted by atomic mass is 9.70. The van der Waals surface area contributed by atoms with Crippen molar-refractivity contribution in [2.24, 2.45) is 0 Å². The van der Waals surface area contributed by atoms with Crippen LogP contribution in [-0.2, 0) is 6.42 Å². The molecule has 2 aromatic rings. The Morgan fingerprint density at radius 2 is 1.87 bits per heavy atom. The third-order valence-corrected chi connectivity index (χ3v) is 4.64. The Morgan fingerprint density at radius 3 is 2.65 bits per heavy atom. The van der Waals surface area contributed by atoms with Crippen molar-refractivity contribution in [3.8, 4) is 11.8 Å². The topological polar surface area (TPSA) is 20.2 Å². The highest BCUT2D eigenvalue weighted by Crippen LogP contribution is 2.41. The van der Waals surface area contributed by atoms with Crippen LogP contribution in [0, 0.1) is 11.8 Å². The highest BCUT2D eigenvalue weighted by Gasteiger charge is 2.39. The van der Waals surface area contributed by atoms with Crippen LogP contribution in [0.5, 0.6) is 0 Å². The minimum Gasteiger partial charge on any atom is -0.377 e. The molecule has 1 heteroatoms. The Kier molecular flexibility index (Phi) is 4.65. The van der Waals surface area contributed by atoms with E-state index in [2.05, 4.69) is 42.7 Å². The maximum atomic E-state index is 11.3. The van der Waals surface area contributed by atoms with Crippen LogP contribution in [0.15, 0.2) is 67.3 Å². The minimum atomic E-state index is -0.965. The van der Waals surface area contributed by atoms with E-state index in [9.17, 15) is 5.11 Å². The molecule has 2 atom stereocenters. The molecular formula is C22H22O. The lowest BCUT2D eigenvalue weighted by Gasteiger charge is -2.37. The van der Waals surface area contributed by atoms with E-state index in [-0.39, 0.29) is 5.92 Å². The number of aliphatic hydroxyl groups is 1. The lowest BCUT2D eigenvalue weighted by molar-refractivity contribution is 0.0518. The van der Waals surface area contributed by atoms with Gasteiger partial charge in [-0.25, -0.2) is 0 Å². The van der Waals surface area contributed by atoms with Crippen molar-refractivity contribution in [2.45, 2.75) is 37.2 Å². The van der Waals surface area contributed by atoms with Gasteiger partial charge in [0.1, 0.15) is 5.60 Å². The van der Waals surface area contributed by atoms with E-state index in [1.165, 1.54) is 11.1 Å². The number of allylic oxidation sites excluding steroid dienone is 1. The molecule has 1 N–H and O–H groups in total. The van der Waals surface area contributed by atoms with Gasteiger partial charge in [-0.3, -0.25) is 0 Å². The summed E-state index contributed by atoms with van der Waals surface area (Å²) in [5, 5.41) is 11.3. The molecule has 3 rings (SSSR count). The molecule has 0 aromatic heterocycles. The van der Waals surface area contributed by atoms with Crippen molar-refractivity contribution in [3.05, 3.63) is 83.9 Å². The van der Waals surface area contributed by atoms with Gasteiger partial charge in [-0.1, -0.05) is 60.4 Å². The first-order valence-electron chi connectivity index (χ1n) is 8.22. The van der Waals surface area contributed by atoms with E-state index < -0.39 is 5.60 Å². The van der Waals surface area contributed by atoms with Crippen molar-refractivity contribution >= 4 is 0 Å². The number of fused-ring (bicyclic) bond motifs is 1. The van der Waals surface area contributed by atoms with Crippen molar-refractivity contribution < 1.29 is 5.11 Å². The average Bonchev–Trinajstić information content (AvgIpc) is 2.60. The summed E-state index contributed by atoms with van der Waals surface area (Å²) in [6.07, 6.45) is 5.24. The van der Waals surface area contributed by atoms with Crippen LogP contribution in [0.2, 0.25) is 0 Å². The van der Waals surface area contributed by atoms with E-state index >= 15 is 0 Å². The molecule has 0 heterocycles. The SMILES string of the molecule is C=CCC[C@@H]1c2ccccc2CC[C@@]1(O)C#Cc1ccccc1. The molecular weight excluding hydrogens is 280 g/mol. The van der Waals surface area contributed by atoms with Crippen LogP contribution < -0.4 is 0 Å². The third-order valence-electron chi connectivity index (χ3n) is 4.64. The summed E-state index contributed by atoms with van der Waals surface area (Å²) in [5.74, 6) is 6.39. The molecule has 0 saturated carbocycles. The minimum absolute atomic E-state index is 0.0432. The van der Waals surface area contributed by atoms with Crippen LogP contribution in [0.3, 0.4) is 0 Å². The first-order chi connectivity index (χ1) is 11.2. The maximum Gasteiger partial charge on any atom is 0.133 e. The fourth-order valence-electron chi connectivity index (χ4n) is 3.39. The summed E-state index contributed by atoms with van der Waals surface area (Å²) in [7, 11) is 0. The molecule has 116 valence electrons. The molecule has 1 aliphatic carbocycles. The second kappa shape index (κ2) is 6.86. The zero-order chi connectivity index (χ0) is 16.1. The normalized spacial score (nSPS) is 22.6.